The summed E-state index contributed by atoms with van der Waals surface area (Å²) in [5.41, 5.74) is 7.91. The third-order valence-electron chi connectivity index (χ3n) is 3.06. The number of rotatable bonds is 5. The number of ether oxygens (including phenoxy) is 2. The molecule has 0 unspecified atom stereocenters. The molecule has 0 heterocycles. The number of hydrogen-bond donors (Lipinski definition) is 1. The van der Waals surface area contributed by atoms with E-state index >= 15 is 0 Å². The van der Waals surface area contributed by atoms with E-state index in [0.29, 0.717) is 35.2 Å². The van der Waals surface area contributed by atoms with Crippen molar-refractivity contribution in [2.24, 2.45) is 5.73 Å². The summed E-state index contributed by atoms with van der Waals surface area (Å²) in [4.78, 5) is 0. The first kappa shape index (κ1) is 15.2. The van der Waals surface area contributed by atoms with Crippen LogP contribution in [0.25, 0.3) is 0 Å². The summed E-state index contributed by atoms with van der Waals surface area (Å²) in [6.45, 7) is 0.672. The minimum Gasteiger partial charge on any atom is -0.497 e. The lowest BCUT2D eigenvalue weighted by molar-refractivity contribution is 0.300. The Kier molecular flexibility index (Phi) is 5.04. The topological polar surface area (TPSA) is 68.3 Å². The molecule has 0 aromatic heterocycles. The SMILES string of the molecule is COc1ccc(CN)c(OCc2ccc(C#N)cc2Cl)c1. The number of benzene rings is 2. The molecule has 108 valence electrons. The molecule has 0 fully saturated rings. The Morgan fingerprint density at radius 1 is 1.19 bits per heavy atom. The summed E-state index contributed by atoms with van der Waals surface area (Å²) in [5, 5.41) is 9.32. The third-order valence-corrected chi connectivity index (χ3v) is 3.41. The van der Waals surface area contributed by atoms with Crippen molar-refractivity contribution in [3.8, 4) is 17.6 Å². The van der Waals surface area contributed by atoms with E-state index in [1.807, 2.05) is 18.2 Å². The van der Waals surface area contributed by atoms with E-state index < -0.39 is 0 Å². The highest BCUT2D eigenvalue weighted by atomic mass is 35.5. The van der Waals surface area contributed by atoms with Crippen LogP contribution in [0.1, 0.15) is 16.7 Å². The van der Waals surface area contributed by atoms with Crippen LogP contribution in [0.2, 0.25) is 5.02 Å². The Morgan fingerprint density at radius 3 is 2.57 bits per heavy atom. The summed E-state index contributed by atoms with van der Waals surface area (Å²) in [6, 6.07) is 12.7. The van der Waals surface area contributed by atoms with Crippen LogP contribution in [-0.2, 0) is 13.2 Å². The lowest BCUT2D eigenvalue weighted by Crippen LogP contribution is -2.03. The molecule has 21 heavy (non-hydrogen) atoms. The fourth-order valence-corrected chi connectivity index (χ4v) is 2.09. The molecule has 0 aliphatic heterocycles. The van der Waals surface area contributed by atoms with Crippen molar-refractivity contribution >= 4 is 11.6 Å². The molecule has 4 nitrogen and oxygen atoms in total. The molecule has 0 spiro atoms. The third kappa shape index (κ3) is 3.66. The van der Waals surface area contributed by atoms with Crippen LogP contribution in [0.3, 0.4) is 0 Å². The van der Waals surface area contributed by atoms with Crippen LogP contribution in [-0.4, -0.2) is 7.11 Å². The van der Waals surface area contributed by atoms with Crippen LogP contribution in [0.5, 0.6) is 11.5 Å². The molecule has 2 rings (SSSR count). The van der Waals surface area contributed by atoms with E-state index in [9.17, 15) is 0 Å². The largest absolute Gasteiger partial charge is 0.497 e. The van der Waals surface area contributed by atoms with Crippen molar-refractivity contribution in [1.82, 2.24) is 0 Å². The summed E-state index contributed by atoms with van der Waals surface area (Å²) in [7, 11) is 1.60. The van der Waals surface area contributed by atoms with Crippen LogP contribution in [0, 0.1) is 11.3 Å². The van der Waals surface area contributed by atoms with Crippen LogP contribution < -0.4 is 15.2 Å². The van der Waals surface area contributed by atoms with E-state index in [1.54, 1.807) is 31.4 Å². The molecule has 0 aliphatic rings. The van der Waals surface area contributed by atoms with Gasteiger partial charge in [-0.15, -0.1) is 0 Å². The van der Waals surface area contributed by atoms with Gasteiger partial charge in [0.25, 0.3) is 0 Å². The van der Waals surface area contributed by atoms with Crippen LogP contribution in [0.15, 0.2) is 36.4 Å². The molecule has 2 aromatic rings. The zero-order valence-electron chi connectivity index (χ0n) is 11.6. The van der Waals surface area contributed by atoms with Crippen molar-refractivity contribution in [1.29, 1.82) is 5.26 Å². The predicted molar refractivity (Wildman–Crippen MR) is 81.4 cm³/mol. The average molecular weight is 303 g/mol. The van der Waals surface area contributed by atoms with Crippen molar-refractivity contribution in [2.45, 2.75) is 13.2 Å². The van der Waals surface area contributed by atoms with Crippen molar-refractivity contribution in [2.75, 3.05) is 7.11 Å². The average Bonchev–Trinajstić information content (AvgIpc) is 2.53. The number of halogens is 1. The van der Waals surface area contributed by atoms with E-state index in [-0.39, 0.29) is 0 Å². The van der Waals surface area contributed by atoms with Gasteiger partial charge in [0.1, 0.15) is 18.1 Å². The summed E-state index contributed by atoms with van der Waals surface area (Å²) in [5.74, 6) is 1.37. The van der Waals surface area contributed by atoms with Gasteiger partial charge < -0.3 is 15.2 Å². The van der Waals surface area contributed by atoms with Gasteiger partial charge in [-0.25, -0.2) is 0 Å². The lowest BCUT2D eigenvalue weighted by Gasteiger charge is -2.13. The molecule has 2 N–H and O–H groups in total. The molecule has 0 saturated carbocycles. The maximum absolute atomic E-state index is 8.82. The fraction of sp³-hybridized carbons (Fsp3) is 0.188. The van der Waals surface area contributed by atoms with Gasteiger partial charge in [-0.1, -0.05) is 23.7 Å². The lowest BCUT2D eigenvalue weighted by atomic mass is 10.1. The van der Waals surface area contributed by atoms with Gasteiger partial charge in [-0.2, -0.15) is 5.26 Å². The molecular weight excluding hydrogens is 288 g/mol. The fourth-order valence-electron chi connectivity index (χ4n) is 1.85. The van der Waals surface area contributed by atoms with Gasteiger partial charge in [-0.05, 0) is 18.2 Å². The molecule has 0 atom stereocenters. The number of hydrogen-bond acceptors (Lipinski definition) is 4. The Bertz CT molecular complexity index is 680. The molecule has 2 aromatic carbocycles. The minimum atomic E-state index is 0.296. The van der Waals surface area contributed by atoms with Gasteiger partial charge in [-0.3, -0.25) is 0 Å². The highest BCUT2D eigenvalue weighted by Crippen LogP contribution is 2.26. The molecule has 0 radical (unpaired) electrons. The van der Waals surface area contributed by atoms with Gasteiger partial charge in [0.2, 0.25) is 0 Å². The summed E-state index contributed by atoms with van der Waals surface area (Å²) < 4.78 is 11.0. The maximum Gasteiger partial charge on any atom is 0.127 e. The zero-order valence-corrected chi connectivity index (χ0v) is 12.4. The predicted octanol–water partition coefficient (Wildman–Crippen LogP) is 3.26. The first-order valence-corrected chi connectivity index (χ1v) is 6.74. The Balaban J connectivity index is 2.18. The summed E-state index contributed by atoms with van der Waals surface area (Å²) >= 11 is 6.13. The van der Waals surface area contributed by atoms with Gasteiger partial charge in [0, 0.05) is 28.8 Å². The normalized spacial score (nSPS) is 10.0. The van der Waals surface area contributed by atoms with Crippen molar-refractivity contribution in [3.63, 3.8) is 0 Å². The number of nitrogens with two attached hydrogens (primary N) is 1. The van der Waals surface area contributed by atoms with E-state index in [4.69, 9.17) is 32.1 Å². The highest BCUT2D eigenvalue weighted by Gasteiger charge is 2.07. The maximum atomic E-state index is 8.82. The smallest absolute Gasteiger partial charge is 0.127 e. The minimum absolute atomic E-state index is 0.296. The number of methoxy groups -OCH3 is 1. The van der Waals surface area contributed by atoms with Crippen LogP contribution in [0.4, 0.5) is 0 Å². The van der Waals surface area contributed by atoms with Gasteiger partial charge in [0.15, 0.2) is 0 Å². The second kappa shape index (κ2) is 6.98. The van der Waals surface area contributed by atoms with E-state index in [0.717, 1.165) is 11.1 Å². The Labute approximate surface area is 128 Å². The van der Waals surface area contributed by atoms with Crippen LogP contribution >= 0.6 is 11.6 Å². The Morgan fingerprint density at radius 2 is 1.95 bits per heavy atom. The first-order chi connectivity index (χ1) is 10.2. The molecule has 0 aliphatic carbocycles. The monoisotopic (exact) mass is 302 g/mol. The quantitative estimate of drug-likeness (QED) is 0.920. The molecule has 0 bridgehead atoms. The molecular formula is C16H15ClN2O2. The Hall–Kier alpha value is -2.22. The second-order valence-electron chi connectivity index (χ2n) is 4.38. The summed E-state index contributed by atoms with van der Waals surface area (Å²) in [6.07, 6.45) is 0. The first-order valence-electron chi connectivity index (χ1n) is 6.36. The van der Waals surface area contributed by atoms with Gasteiger partial charge >= 0.3 is 0 Å². The standard InChI is InChI=1S/C16H15ClN2O2/c1-20-14-5-4-12(9-19)16(7-14)21-10-13-3-2-11(8-18)6-15(13)17/h2-7H,9-10,19H2,1H3. The molecule has 0 amide bonds. The highest BCUT2D eigenvalue weighted by molar-refractivity contribution is 6.31. The molecule has 0 saturated heterocycles. The van der Waals surface area contributed by atoms with Crippen molar-refractivity contribution in [3.05, 3.63) is 58.1 Å². The number of nitriles is 1. The van der Waals surface area contributed by atoms with Gasteiger partial charge in [0.05, 0.1) is 18.7 Å². The van der Waals surface area contributed by atoms with E-state index in [1.165, 1.54) is 0 Å². The second-order valence-corrected chi connectivity index (χ2v) is 4.79. The van der Waals surface area contributed by atoms with Crippen molar-refractivity contribution < 1.29 is 9.47 Å². The molecule has 5 heteroatoms. The zero-order chi connectivity index (χ0) is 15.2. The number of nitrogens with zero attached hydrogens (tertiary/aromatic N) is 1. The van der Waals surface area contributed by atoms with E-state index in [2.05, 4.69) is 0 Å².